The highest BCUT2D eigenvalue weighted by molar-refractivity contribution is 9.10. The molecule has 0 bridgehead atoms. The van der Waals surface area contributed by atoms with Crippen LogP contribution in [0.3, 0.4) is 0 Å². The summed E-state index contributed by atoms with van der Waals surface area (Å²) in [6, 6.07) is 15.1. The van der Waals surface area contributed by atoms with E-state index in [1.165, 1.54) is 16.9 Å². The number of hydrazone groups is 1. The molecule has 12 nitrogen and oxygen atoms in total. The first kappa shape index (κ1) is 28.5. The highest BCUT2D eigenvalue weighted by atomic mass is 79.9. The third-order valence-electron chi connectivity index (χ3n) is 5.48. The molecule has 0 atom stereocenters. The summed E-state index contributed by atoms with van der Waals surface area (Å²) in [4.78, 5) is 35.1. The summed E-state index contributed by atoms with van der Waals surface area (Å²) in [5.41, 5.74) is 5.07. The molecule has 0 saturated carbocycles. The molecule has 14 heteroatoms. The van der Waals surface area contributed by atoms with Crippen molar-refractivity contribution in [1.82, 2.24) is 15.2 Å². The number of hydrogen-bond acceptors (Lipinski definition) is 8. The van der Waals surface area contributed by atoms with Crippen LogP contribution in [0.4, 0.5) is 11.5 Å². The van der Waals surface area contributed by atoms with Gasteiger partial charge < -0.3 is 24.6 Å². The Labute approximate surface area is 241 Å². The number of benzene rings is 2. The van der Waals surface area contributed by atoms with Gasteiger partial charge in [0.2, 0.25) is 0 Å². The fraction of sp³-hybridized carbons (Fsp3) is 0.154. The van der Waals surface area contributed by atoms with Gasteiger partial charge in [-0.05, 0) is 88.3 Å². The first-order valence-corrected chi connectivity index (χ1v) is 12.9. The number of hydrogen-bond donors (Lipinski definition) is 2. The molecule has 40 heavy (non-hydrogen) atoms. The van der Waals surface area contributed by atoms with E-state index in [0.717, 1.165) is 11.1 Å². The number of halogens is 2. The van der Waals surface area contributed by atoms with Crippen LogP contribution < -0.4 is 15.5 Å². The molecular weight excluding hydrogens is 608 g/mol. The Kier molecular flexibility index (Phi) is 8.97. The number of rotatable bonds is 10. The number of carbonyl (C=O) groups excluding carboxylic acids is 2. The number of amides is 2. The Morgan fingerprint density at radius 1 is 1.20 bits per heavy atom. The third-order valence-corrected chi connectivity index (χ3v) is 6.28. The van der Waals surface area contributed by atoms with Crippen LogP contribution in [0, 0.1) is 17.0 Å². The molecule has 2 aromatic carbocycles. The molecule has 2 heterocycles. The molecule has 0 aliphatic heterocycles. The largest absolute Gasteiger partial charge is 0.483 e. The number of carbonyl (C=O) groups is 2. The highest BCUT2D eigenvalue weighted by Crippen LogP contribution is 2.23. The van der Waals surface area contributed by atoms with Gasteiger partial charge in [0, 0.05) is 10.7 Å². The summed E-state index contributed by atoms with van der Waals surface area (Å²) >= 11 is 9.02. The monoisotopic (exact) mass is 628 g/mol. The summed E-state index contributed by atoms with van der Waals surface area (Å²) in [6.45, 7) is 3.49. The Bertz CT molecular complexity index is 1600. The SMILES string of the molecule is CC(=NNC(=O)c1ccc(Cn2cc(Br)c([N+](=O)[O-])n2)o1)c1ccc(NC(=O)COc2ccc(Cl)cc2C)cc1. The van der Waals surface area contributed by atoms with Crippen molar-refractivity contribution >= 4 is 56.6 Å². The van der Waals surface area contributed by atoms with Gasteiger partial charge >= 0.3 is 11.7 Å². The number of aromatic nitrogens is 2. The van der Waals surface area contributed by atoms with Crippen LogP contribution in [0.5, 0.6) is 5.75 Å². The van der Waals surface area contributed by atoms with Gasteiger partial charge in [-0.25, -0.2) is 5.43 Å². The highest BCUT2D eigenvalue weighted by Gasteiger charge is 2.20. The minimum atomic E-state index is -0.606. The van der Waals surface area contributed by atoms with Crippen molar-refractivity contribution in [3.05, 3.63) is 103 Å². The van der Waals surface area contributed by atoms with Gasteiger partial charge in [0.25, 0.3) is 5.91 Å². The zero-order valence-electron chi connectivity index (χ0n) is 21.2. The van der Waals surface area contributed by atoms with E-state index < -0.39 is 10.8 Å². The summed E-state index contributed by atoms with van der Waals surface area (Å²) in [5.74, 6) is -0.243. The Hall–Kier alpha value is -4.49. The summed E-state index contributed by atoms with van der Waals surface area (Å²) < 4.78 is 12.6. The van der Waals surface area contributed by atoms with Crippen molar-refractivity contribution < 1.29 is 23.7 Å². The first-order chi connectivity index (χ1) is 19.1. The molecule has 206 valence electrons. The van der Waals surface area contributed by atoms with E-state index in [-0.39, 0.29) is 35.1 Å². The lowest BCUT2D eigenvalue weighted by Crippen LogP contribution is -2.20. The molecule has 4 aromatic rings. The minimum Gasteiger partial charge on any atom is -0.483 e. The lowest BCUT2D eigenvalue weighted by atomic mass is 10.1. The summed E-state index contributed by atoms with van der Waals surface area (Å²) in [7, 11) is 0. The van der Waals surface area contributed by atoms with Crippen molar-refractivity contribution in [2.45, 2.75) is 20.4 Å². The molecule has 0 aliphatic carbocycles. The van der Waals surface area contributed by atoms with Gasteiger partial charge in [-0.1, -0.05) is 23.7 Å². The fourth-order valence-corrected chi connectivity index (χ4v) is 4.19. The minimum absolute atomic E-state index is 0.0151. The third kappa shape index (κ3) is 7.33. The number of furan rings is 1. The molecule has 0 aliphatic rings. The second-order valence-electron chi connectivity index (χ2n) is 8.48. The van der Waals surface area contributed by atoms with Gasteiger partial charge in [-0.15, -0.1) is 0 Å². The number of anilines is 1. The molecule has 4 rings (SSSR count). The lowest BCUT2D eigenvalue weighted by Gasteiger charge is -2.10. The van der Waals surface area contributed by atoms with Gasteiger partial charge in [0.05, 0.1) is 17.0 Å². The van der Waals surface area contributed by atoms with Gasteiger partial charge in [0.1, 0.15) is 22.5 Å². The normalized spacial score (nSPS) is 11.2. The second-order valence-corrected chi connectivity index (χ2v) is 9.77. The zero-order valence-corrected chi connectivity index (χ0v) is 23.5. The molecule has 0 unspecified atom stereocenters. The van der Waals surface area contributed by atoms with E-state index in [0.29, 0.717) is 27.9 Å². The number of aryl methyl sites for hydroxylation is 1. The first-order valence-electron chi connectivity index (χ1n) is 11.7. The quantitative estimate of drug-likeness (QED) is 0.137. The molecule has 0 radical (unpaired) electrons. The van der Waals surface area contributed by atoms with E-state index in [9.17, 15) is 19.7 Å². The van der Waals surface area contributed by atoms with Gasteiger partial charge in [0.15, 0.2) is 12.4 Å². The molecule has 2 aromatic heterocycles. The Morgan fingerprint density at radius 2 is 1.95 bits per heavy atom. The summed E-state index contributed by atoms with van der Waals surface area (Å²) in [5, 5.41) is 22.3. The number of nitro groups is 1. The van der Waals surface area contributed by atoms with Crippen molar-refractivity contribution in [2.75, 3.05) is 11.9 Å². The van der Waals surface area contributed by atoms with Crippen molar-refractivity contribution in [1.29, 1.82) is 0 Å². The maximum Gasteiger partial charge on any atom is 0.404 e. The average Bonchev–Trinajstić information content (AvgIpc) is 3.53. The molecule has 0 saturated heterocycles. The topological polar surface area (TPSA) is 154 Å². The molecule has 2 amide bonds. The molecule has 0 spiro atoms. The molecule has 2 N–H and O–H groups in total. The standard InChI is InChI=1S/C26H22BrClN6O6/c1-15-11-18(28)5-9-22(15)39-14-24(35)29-19-6-3-17(4-7-19)16(2)30-31-26(36)23-10-8-20(40-23)12-33-13-21(27)25(32-33)34(37)38/h3-11,13H,12,14H2,1-2H3,(H,29,35)(H,31,36). The van der Waals surface area contributed by atoms with Crippen molar-refractivity contribution in [3.63, 3.8) is 0 Å². The predicted molar refractivity (Wildman–Crippen MR) is 151 cm³/mol. The number of ether oxygens (including phenoxy) is 1. The molecule has 0 fully saturated rings. The van der Waals surface area contributed by atoms with E-state index >= 15 is 0 Å². The van der Waals surface area contributed by atoms with Gasteiger partial charge in [-0.3, -0.25) is 9.59 Å². The van der Waals surface area contributed by atoms with E-state index in [2.05, 4.69) is 36.9 Å². The smallest absolute Gasteiger partial charge is 0.404 e. The Balaban J connectivity index is 1.28. The fourth-order valence-electron chi connectivity index (χ4n) is 3.50. The van der Waals surface area contributed by atoms with Crippen molar-refractivity contribution in [2.24, 2.45) is 5.10 Å². The van der Waals surface area contributed by atoms with Crippen LogP contribution in [-0.2, 0) is 11.3 Å². The van der Waals surface area contributed by atoms with Crippen LogP contribution in [0.1, 0.15) is 34.4 Å². The predicted octanol–water partition coefficient (Wildman–Crippen LogP) is 5.33. The average molecular weight is 630 g/mol. The number of nitrogens with zero attached hydrogens (tertiary/aromatic N) is 4. The maximum atomic E-state index is 12.5. The maximum absolute atomic E-state index is 12.5. The van der Waals surface area contributed by atoms with E-state index in [4.69, 9.17) is 20.8 Å². The van der Waals surface area contributed by atoms with Crippen LogP contribution in [-0.4, -0.2) is 38.8 Å². The van der Waals surface area contributed by atoms with Crippen LogP contribution in [0.25, 0.3) is 0 Å². The number of nitrogens with one attached hydrogen (secondary N) is 2. The second kappa shape index (κ2) is 12.6. The zero-order chi connectivity index (χ0) is 28.8. The lowest BCUT2D eigenvalue weighted by molar-refractivity contribution is -0.390. The van der Waals surface area contributed by atoms with Crippen molar-refractivity contribution in [3.8, 4) is 5.75 Å². The Morgan fingerprint density at radius 3 is 2.62 bits per heavy atom. The van der Waals surface area contributed by atoms with Gasteiger partial charge in [-0.2, -0.15) is 9.78 Å². The molecular formula is C26H22BrClN6O6. The van der Waals surface area contributed by atoms with Crippen LogP contribution >= 0.6 is 27.5 Å². The van der Waals surface area contributed by atoms with E-state index in [1.54, 1.807) is 55.5 Å². The van der Waals surface area contributed by atoms with E-state index in [1.807, 2.05) is 6.92 Å². The van der Waals surface area contributed by atoms with Crippen LogP contribution in [0.2, 0.25) is 5.02 Å². The summed E-state index contributed by atoms with van der Waals surface area (Å²) in [6.07, 6.45) is 1.45. The van der Waals surface area contributed by atoms with Crippen LogP contribution in [0.15, 0.2) is 74.8 Å².